The van der Waals surface area contributed by atoms with Gasteiger partial charge in [-0.1, -0.05) is 35.9 Å². The van der Waals surface area contributed by atoms with Gasteiger partial charge < -0.3 is 19.5 Å². The molecule has 0 radical (unpaired) electrons. The van der Waals surface area contributed by atoms with Gasteiger partial charge in [0, 0.05) is 29.8 Å². The number of carbonyl (C=O) groups excluding carboxylic acids is 1. The molecule has 0 heterocycles. The number of carbonyl (C=O) groups is 1. The van der Waals surface area contributed by atoms with Crippen molar-refractivity contribution in [2.75, 3.05) is 20.4 Å². The number of methoxy groups -OCH3 is 1. The highest BCUT2D eigenvalue weighted by molar-refractivity contribution is 6.33. The molecule has 0 bridgehead atoms. The minimum absolute atomic E-state index is 0.150. The third kappa shape index (κ3) is 6.77. The Bertz CT molecular complexity index is 771. The predicted molar refractivity (Wildman–Crippen MR) is 107 cm³/mol. The molecular weight excluding hydrogens is 366 g/mol. The van der Waals surface area contributed by atoms with Crippen molar-refractivity contribution in [1.29, 1.82) is 0 Å². The van der Waals surface area contributed by atoms with E-state index >= 15 is 0 Å². The third-order valence-electron chi connectivity index (χ3n) is 3.62. The first kappa shape index (κ1) is 21.1. The average Bonchev–Trinajstić information content (AvgIpc) is 2.59. The summed E-state index contributed by atoms with van der Waals surface area (Å²) in [6.45, 7) is 6.12. The Morgan fingerprint density at radius 2 is 1.85 bits per heavy atom. The highest BCUT2D eigenvalue weighted by Crippen LogP contribution is 2.35. The average molecular weight is 392 g/mol. The van der Waals surface area contributed by atoms with Crippen molar-refractivity contribution in [1.82, 2.24) is 5.32 Å². The van der Waals surface area contributed by atoms with Crippen molar-refractivity contribution < 1.29 is 19.0 Å². The topological polar surface area (TPSA) is 56.8 Å². The zero-order valence-electron chi connectivity index (χ0n) is 16.2. The van der Waals surface area contributed by atoms with Crippen LogP contribution in [0.25, 0.3) is 11.1 Å². The van der Waals surface area contributed by atoms with Crippen molar-refractivity contribution in [3.8, 4) is 16.9 Å². The summed E-state index contributed by atoms with van der Waals surface area (Å²) in [5.41, 5.74) is 2.30. The highest BCUT2D eigenvalue weighted by Gasteiger charge is 2.16. The fourth-order valence-electron chi connectivity index (χ4n) is 2.49. The van der Waals surface area contributed by atoms with E-state index in [-0.39, 0.29) is 6.79 Å². The van der Waals surface area contributed by atoms with Crippen LogP contribution in [0.15, 0.2) is 42.5 Å². The van der Waals surface area contributed by atoms with Gasteiger partial charge in [-0.05, 0) is 51.0 Å². The van der Waals surface area contributed by atoms with E-state index in [2.05, 4.69) is 5.32 Å². The lowest BCUT2D eigenvalue weighted by molar-refractivity contribution is 0.0513. The van der Waals surface area contributed by atoms with Gasteiger partial charge in [-0.2, -0.15) is 0 Å². The summed E-state index contributed by atoms with van der Waals surface area (Å²) in [5.74, 6) is 0.689. The smallest absolute Gasteiger partial charge is 0.407 e. The molecule has 0 aliphatic rings. The molecule has 146 valence electrons. The van der Waals surface area contributed by atoms with E-state index in [1.807, 2.05) is 63.2 Å². The minimum Gasteiger partial charge on any atom is -0.467 e. The van der Waals surface area contributed by atoms with Crippen molar-refractivity contribution in [3.05, 3.63) is 53.1 Å². The van der Waals surface area contributed by atoms with Gasteiger partial charge in [0.05, 0.1) is 0 Å². The first-order valence-electron chi connectivity index (χ1n) is 8.76. The summed E-state index contributed by atoms with van der Waals surface area (Å²) >= 11 is 6.36. The Hall–Kier alpha value is -2.24. The molecule has 0 fully saturated rings. The largest absolute Gasteiger partial charge is 0.467 e. The molecule has 5 nitrogen and oxygen atoms in total. The van der Waals surface area contributed by atoms with E-state index in [9.17, 15) is 4.79 Å². The number of benzene rings is 2. The summed E-state index contributed by atoms with van der Waals surface area (Å²) in [7, 11) is 1.58. The number of hydrogen-bond acceptors (Lipinski definition) is 4. The van der Waals surface area contributed by atoms with Crippen LogP contribution in [0.4, 0.5) is 4.79 Å². The fourth-order valence-corrected chi connectivity index (χ4v) is 2.73. The Morgan fingerprint density at radius 3 is 2.52 bits per heavy atom. The van der Waals surface area contributed by atoms with Crippen LogP contribution in [-0.2, 0) is 15.9 Å². The molecule has 27 heavy (non-hydrogen) atoms. The second-order valence-corrected chi connectivity index (χ2v) is 7.45. The molecule has 2 rings (SSSR count). The van der Waals surface area contributed by atoms with Gasteiger partial charge in [0.2, 0.25) is 0 Å². The van der Waals surface area contributed by atoms with Gasteiger partial charge in [-0.15, -0.1) is 0 Å². The van der Waals surface area contributed by atoms with Gasteiger partial charge in [0.25, 0.3) is 0 Å². The SMILES string of the molecule is COCOc1ccc(CCNC(=O)OC(C)(C)C)cc1-c1ccccc1Cl. The lowest BCUT2D eigenvalue weighted by Crippen LogP contribution is -2.33. The van der Waals surface area contributed by atoms with Crippen LogP contribution >= 0.6 is 11.6 Å². The van der Waals surface area contributed by atoms with Crippen molar-refractivity contribution in [2.24, 2.45) is 0 Å². The molecule has 1 N–H and O–H groups in total. The van der Waals surface area contributed by atoms with Crippen LogP contribution in [0.1, 0.15) is 26.3 Å². The quantitative estimate of drug-likeness (QED) is 0.670. The lowest BCUT2D eigenvalue weighted by atomic mass is 10.0. The maximum absolute atomic E-state index is 11.8. The van der Waals surface area contributed by atoms with Gasteiger partial charge in [0.15, 0.2) is 6.79 Å². The van der Waals surface area contributed by atoms with E-state index in [4.69, 9.17) is 25.8 Å². The Morgan fingerprint density at radius 1 is 1.11 bits per heavy atom. The van der Waals surface area contributed by atoms with Gasteiger partial charge in [0.1, 0.15) is 11.4 Å². The van der Waals surface area contributed by atoms with Crippen LogP contribution in [0, 0.1) is 0 Å². The Balaban J connectivity index is 2.13. The number of amides is 1. The zero-order valence-corrected chi connectivity index (χ0v) is 16.9. The summed E-state index contributed by atoms with van der Waals surface area (Å²) < 4.78 is 15.9. The molecule has 0 saturated carbocycles. The first-order valence-corrected chi connectivity index (χ1v) is 9.14. The molecule has 0 atom stereocenters. The molecule has 0 saturated heterocycles. The van der Waals surface area contributed by atoms with Crippen molar-refractivity contribution in [2.45, 2.75) is 32.8 Å². The molecule has 0 unspecified atom stereocenters. The lowest BCUT2D eigenvalue weighted by Gasteiger charge is -2.19. The molecule has 6 heteroatoms. The van der Waals surface area contributed by atoms with Crippen LogP contribution in [-0.4, -0.2) is 32.1 Å². The summed E-state index contributed by atoms with van der Waals surface area (Å²) in [6, 6.07) is 13.5. The third-order valence-corrected chi connectivity index (χ3v) is 3.95. The number of ether oxygens (including phenoxy) is 3. The van der Waals surface area contributed by atoms with E-state index < -0.39 is 11.7 Å². The Labute approximate surface area is 165 Å². The molecular formula is C21H26ClNO4. The van der Waals surface area contributed by atoms with Crippen LogP contribution in [0.2, 0.25) is 5.02 Å². The zero-order chi connectivity index (χ0) is 19.9. The molecule has 0 spiro atoms. The van der Waals surface area contributed by atoms with Gasteiger partial charge >= 0.3 is 6.09 Å². The number of halogens is 1. The number of hydrogen-bond donors (Lipinski definition) is 1. The van der Waals surface area contributed by atoms with Crippen LogP contribution in [0.5, 0.6) is 5.75 Å². The Kier molecular flexibility index (Phi) is 7.51. The van der Waals surface area contributed by atoms with E-state index in [0.29, 0.717) is 23.7 Å². The van der Waals surface area contributed by atoms with Gasteiger partial charge in [-0.25, -0.2) is 4.79 Å². The molecule has 1 amide bonds. The maximum Gasteiger partial charge on any atom is 0.407 e. The number of rotatable bonds is 7. The van der Waals surface area contributed by atoms with Crippen LogP contribution in [0.3, 0.4) is 0 Å². The summed E-state index contributed by atoms with van der Waals surface area (Å²) in [4.78, 5) is 11.8. The standard InChI is InChI=1S/C21H26ClNO4/c1-21(2,3)27-20(24)23-12-11-15-9-10-19(26-14-25-4)17(13-15)16-7-5-6-8-18(16)22/h5-10,13H,11-12,14H2,1-4H3,(H,23,24). The molecule has 0 aliphatic heterocycles. The minimum atomic E-state index is -0.512. The van der Waals surface area contributed by atoms with Crippen LogP contribution < -0.4 is 10.1 Å². The highest BCUT2D eigenvalue weighted by atomic mass is 35.5. The van der Waals surface area contributed by atoms with E-state index in [1.54, 1.807) is 7.11 Å². The number of nitrogens with one attached hydrogen (secondary N) is 1. The van der Waals surface area contributed by atoms with E-state index in [0.717, 1.165) is 16.7 Å². The second kappa shape index (κ2) is 9.62. The monoisotopic (exact) mass is 391 g/mol. The normalized spacial score (nSPS) is 11.1. The molecule has 2 aromatic rings. The maximum atomic E-state index is 11.8. The summed E-state index contributed by atoms with van der Waals surface area (Å²) in [6.07, 6.45) is 0.232. The molecule has 0 aliphatic carbocycles. The van der Waals surface area contributed by atoms with Gasteiger partial charge in [-0.3, -0.25) is 0 Å². The first-order chi connectivity index (χ1) is 12.8. The van der Waals surface area contributed by atoms with Crippen molar-refractivity contribution in [3.63, 3.8) is 0 Å². The second-order valence-electron chi connectivity index (χ2n) is 7.04. The molecule has 0 aromatic heterocycles. The van der Waals surface area contributed by atoms with E-state index in [1.165, 1.54) is 0 Å². The summed E-state index contributed by atoms with van der Waals surface area (Å²) in [5, 5.41) is 3.41. The fraction of sp³-hybridized carbons (Fsp3) is 0.381. The number of alkyl carbamates (subject to hydrolysis) is 1. The predicted octanol–water partition coefficient (Wildman–Crippen LogP) is 5.06. The van der Waals surface area contributed by atoms with Crippen molar-refractivity contribution >= 4 is 17.7 Å². The molecule has 2 aromatic carbocycles.